The van der Waals surface area contributed by atoms with E-state index in [-0.39, 0.29) is 5.91 Å². The summed E-state index contributed by atoms with van der Waals surface area (Å²) in [5.41, 5.74) is 2.70. The van der Waals surface area contributed by atoms with Gasteiger partial charge in [0.15, 0.2) is 0 Å². The van der Waals surface area contributed by atoms with Crippen molar-refractivity contribution in [1.82, 2.24) is 0 Å². The fraction of sp³-hybridized carbons (Fsp3) is 0.409. The molecule has 0 aromatic heterocycles. The van der Waals surface area contributed by atoms with Crippen molar-refractivity contribution in [2.75, 3.05) is 55.4 Å². The quantitative estimate of drug-likeness (QED) is 0.648. The van der Waals surface area contributed by atoms with Crippen LogP contribution < -0.4 is 25.2 Å². The SMILES string of the molecule is CC[NH+]1CCN(c2ccc(N[C@H](C)C(=O)Nc3cc(Cl)ccc3OC)cc2)CC1. The average Bonchev–Trinajstić information content (AvgIpc) is 2.74. The molecule has 1 heterocycles. The summed E-state index contributed by atoms with van der Waals surface area (Å²) in [6.07, 6.45) is 0. The summed E-state index contributed by atoms with van der Waals surface area (Å²) < 4.78 is 5.28. The lowest BCUT2D eigenvalue weighted by atomic mass is 10.2. The molecule has 3 rings (SSSR count). The molecule has 0 radical (unpaired) electrons. The van der Waals surface area contributed by atoms with Crippen LogP contribution in [-0.2, 0) is 4.79 Å². The van der Waals surface area contributed by atoms with Crippen LogP contribution in [0.1, 0.15) is 13.8 Å². The number of amides is 1. The number of carbonyl (C=O) groups is 1. The number of benzene rings is 2. The van der Waals surface area contributed by atoms with E-state index in [1.54, 1.807) is 30.2 Å². The highest BCUT2D eigenvalue weighted by atomic mass is 35.5. The lowest BCUT2D eigenvalue weighted by Gasteiger charge is -2.33. The normalized spacial score (nSPS) is 15.7. The highest BCUT2D eigenvalue weighted by Crippen LogP contribution is 2.28. The monoisotopic (exact) mass is 417 g/mol. The zero-order valence-corrected chi connectivity index (χ0v) is 18.1. The Kier molecular flexibility index (Phi) is 7.23. The summed E-state index contributed by atoms with van der Waals surface area (Å²) in [7, 11) is 1.56. The summed E-state index contributed by atoms with van der Waals surface area (Å²) in [4.78, 5) is 16.7. The molecule has 0 bridgehead atoms. The summed E-state index contributed by atoms with van der Waals surface area (Å²) in [5.74, 6) is 0.414. The van der Waals surface area contributed by atoms with Gasteiger partial charge in [-0.3, -0.25) is 4.79 Å². The Bertz CT molecular complexity index is 820. The predicted molar refractivity (Wildman–Crippen MR) is 120 cm³/mol. The smallest absolute Gasteiger partial charge is 0.246 e. The van der Waals surface area contributed by atoms with Gasteiger partial charge >= 0.3 is 0 Å². The molecule has 29 heavy (non-hydrogen) atoms. The van der Waals surface area contributed by atoms with E-state index >= 15 is 0 Å². The number of hydrogen-bond donors (Lipinski definition) is 3. The van der Waals surface area contributed by atoms with Crippen molar-refractivity contribution in [1.29, 1.82) is 0 Å². The molecule has 156 valence electrons. The standard InChI is InChI=1S/C22H29ClN4O2/c1-4-26-11-13-27(14-12-26)19-8-6-18(7-9-19)24-16(2)22(28)25-20-15-17(23)5-10-21(20)29-3/h5-10,15-16,24H,4,11-14H2,1-3H3,(H,25,28)/p+1/t16-/m1/s1. The number of carbonyl (C=O) groups excluding carboxylic acids is 1. The maximum Gasteiger partial charge on any atom is 0.246 e. The molecule has 1 aliphatic rings. The minimum Gasteiger partial charge on any atom is -0.495 e. The van der Waals surface area contributed by atoms with E-state index in [0.29, 0.717) is 16.5 Å². The third-order valence-electron chi connectivity index (χ3n) is 5.40. The molecule has 0 saturated carbocycles. The van der Waals surface area contributed by atoms with Crippen molar-refractivity contribution >= 4 is 34.6 Å². The maximum absolute atomic E-state index is 12.6. The largest absolute Gasteiger partial charge is 0.495 e. The number of rotatable bonds is 7. The molecular formula is C22H30ClN4O2+. The van der Waals surface area contributed by atoms with Crippen molar-refractivity contribution < 1.29 is 14.4 Å². The zero-order valence-electron chi connectivity index (χ0n) is 17.3. The Morgan fingerprint density at radius 2 is 1.90 bits per heavy atom. The van der Waals surface area contributed by atoms with E-state index in [1.165, 1.54) is 25.3 Å². The second-order valence-electron chi connectivity index (χ2n) is 7.34. The molecule has 1 atom stereocenters. The Morgan fingerprint density at radius 1 is 1.21 bits per heavy atom. The first-order chi connectivity index (χ1) is 14.0. The first-order valence-electron chi connectivity index (χ1n) is 10.1. The van der Waals surface area contributed by atoms with Crippen LogP contribution in [0.4, 0.5) is 17.1 Å². The van der Waals surface area contributed by atoms with Crippen LogP contribution in [0.5, 0.6) is 5.75 Å². The van der Waals surface area contributed by atoms with E-state index in [2.05, 4.69) is 34.6 Å². The first kappa shape index (κ1) is 21.3. The maximum atomic E-state index is 12.6. The third kappa shape index (κ3) is 5.55. The van der Waals surface area contributed by atoms with E-state index < -0.39 is 6.04 Å². The molecule has 2 aromatic rings. The van der Waals surface area contributed by atoms with Gasteiger partial charge in [-0.25, -0.2) is 0 Å². The van der Waals surface area contributed by atoms with Gasteiger partial charge < -0.3 is 25.2 Å². The minimum atomic E-state index is -0.416. The summed E-state index contributed by atoms with van der Waals surface area (Å²) >= 11 is 6.03. The van der Waals surface area contributed by atoms with Crippen molar-refractivity contribution in [3.05, 3.63) is 47.5 Å². The molecule has 0 spiro atoms. The Hall–Kier alpha value is -2.44. The number of likely N-dealkylation sites (N-methyl/N-ethyl adjacent to an activating group) is 1. The Labute approximate surface area is 177 Å². The molecule has 2 aromatic carbocycles. The molecule has 0 unspecified atom stereocenters. The molecule has 6 nitrogen and oxygen atoms in total. The van der Waals surface area contributed by atoms with E-state index in [1.807, 2.05) is 19.1 Å². The van der Waals surface area contributed by atoms with Gasteiger partial charge in [0, 0.05) is 16.4 Å². The number of methoxy groups -OCH3 is 1. The third-order valence-corrected chi connectivity index (χ3v) is 5.63. The predicted octanol–water partition coefficient (Wildman–Crippen LogP) is 2.51. The van der Waals surface area contributed by atoms with Crippen LogP contribution in [0, 0.1) is 0 Å². The van der Waals surface area contributed by atoms with Gasteiger partial charge in [0.05, 0.1) is 45.5 Å². The summed E-state index contributed by atoms with van der Waals surface area (Å²) in [6.45, 7) is 9.78. The number of anilines is 3. The number of piperazine rings is 1. The molecule has 7 heteroatoms. The molecular weight excluding hydrogens is 388 g/mol. The van der Waals surface area contributed by atoms with Gasteiger partial charge in [0.1, 0.15) is 11.8 Å². The molecule has 1 fully saturated rings. The van der Waals surface area contributed by atoms with Gasteiger partial charge in [-0.2, -0.15) is 0 Å². The van der Waals surface area contributed by atoms with Gasteiger partial charge in [0.25, 0.3) is 0 Å². The fourth-order valence-electron chi connectivity index (χ4n) is 3.54. The van der Waals surface area contributed by atoms with Crippen LogP contribution in [-0.4, -0.2) is 51.8 Å². The van der Waals surface area contributed by atoms with Crippen molar-refractivity contribution in [2.24, 2.45) is 0 Å². The van der Waals surface area contributed by atoms with Crippen LogP contribution in [0.25, 0.3) is 0 Å². The van der Waals surface area contributed by atoms with Crippen LogP contribution in [0.2, 0.25) is 5.02 Å². The van der Waals surface area contributed by atoms with Crippen LogP contribution in [0.15, 0.2) is 42.5 Å². The average molecular weight is 418 g/mol. The lowest BCUT2D eigenvalue weighted by Crippen LogP contribution is -3.14. The Morgan fingerprint density at radius 3 is 2.52 bits per heavy atom. The number of quaternary nitrogens is 1. The van der Waals surface area contributed by atoms with Crippen molar-refractivity contribution in [2.45, 2.75) is 19.9 Å². The van der Waals surface area contributed by atoms with Gasteiger partial charge in [-0.1, -0.05) is 11.6 Å². The second kappa shape index (κ2) is 9.85. The van der Waals surface area contributed by atoms with Crippen molar-refractivity contribution in [3.8, 4) is 5.75 Å². The highest BCUT2D eigenvalue weighted by Gasteiger charge is 2.19. The van der Waals surface area contributed by atoms with E-state index in [4.69, 9.17) is 16.3 Å². The zero-order chi connectivity index (χ0) is 20.8. The minimum absolute atomic E-state index is 0.159. The first-order valence-corrected chi connectivity index (χ1v) is 10.5. The van der Waals surface area contributed by atoms with Gasteiger partial charge in [0.2, 0.25) is 5.91 Å². The number of nitrogens with one attached hydrogen (secondary N) is 3. The van der Waals surface area contributed by atoms with E-state index in [9.17, 15) is 4.79 Å². The number of nitrogens with zero attached hydrogens (tertiary/aromatic N) is 1. The van der Waals surface area contributed by atoms with E-state index in [0.717, 1.165) is 18.8 Å². The summed E-state index contributed by atoms with van der Waals surface area (Å²) in [6, 6.07) is 13.0. The van der Waals surface area contributed by atoms with Gasteiger partial charge in [-0.05, 0) is 56.3 Å². The second-order valence-corrected chi connectivity index (χ2v) is 7.77. The molecule has 1 amide bonds. The fourth-order valence-corrected chi connectivity index (χ4v) is 3.71. The van der Waals surface area contributed by atoms with Crippen LogP contribution in [0.3, 0.4) is 0 Å². The highest BCUT2D eigenvalue weighted by molar-refractivity contribution is 6.31. The number of halogens is 1. The molecule has 1 saturated heterocycles. The molecule has 3 N–H and O–H groups in total. The lowest BCUT2D eigenvalue weighted by molar-refractivity contribution is -0.898. The molecule has 1 aliphatic heterocycles. The van der Waals surface area contributed by atoms with Crippen molar-refractivity contribution in [3.63, 3.8) is 0 Å². The number of hydrogen-bond acceptors (Lipinski definition) is 4. The summed E-state index contributed by atoms with van der Waals surface area (Å²) in [5, 5.41) is 6.67. The van der Waals surface area contributed by atoms with Crippen LogP contribution >= 0.6 is 11.6 Å². The van der Waals surface area contributed by atoms with Gasteiger partial charge in [-0.15, -0.1) is 0 Å². The topological polar surface area (TPSA) is 58.0 Å². The number of ether oxygens (including phenoxy) is 1. The Balaban J connectivity index is 1.57. The molecule has 0 aliphatic carbocycles.